The van der Waals surface area contributed by atoms with Gasteiger partial charge in [-0.05, 0) is 13.1 Å². The highest BCUT2D eigenvalue weighted by Crippen LogP contribution is 2.22. The number of anilines is 1. The summed E-state index contributed by atoms with van der Waals surface area (Å²) < 4.78 is 0. The highest BCUT2D eigenvalue weighted by atomic mass is 16.4. The molecule has 1 aromatic rings. The van der Waals surface area contributed by atoms with Crippen LogP contribution in [0, 0.1) is 0 Å². The summed E-state index contributed by atoms with van der Waals surface area (Å²) in [5.41, 5.74) is 8.17. The third kappa shape index (κ3) is 2.63. The molecule has 3 N–H and O–H groups in total. The number of piperazine rings is 1. The minimum absolute atomic E-state index is 0.237. The number of oxime groups is 1. The summed E-state index contributed by atoms with van der Waals surface area (Å²) in [6.07, 6.45) is 0. The zero-order chi connectivity index (χ0) is 13.0. The van der Waals surface area contributed by atoms with Crippen LogP contribution in [0.5, 0.6) is 0 Å². The van der Waals surface area contributed by atoms with E-state index in [2.05, 4.69) is 28.1 Å². The number of benzene rings is 1. The van der Waals surface area contributed by atoms with E-state index in [1.807, 2.05) is 18.2 Å². The predicted octanol–water partition coefficient (Wildman–Crippen LogP) is 0.575. The fourth-order valence-electron chi connectivity index (χ4n) is 2.25. The van der Waals surface area contributed by atoms with Crippen molar-refractivity contribution in [3.8, 4) is 0 Å². The second kappa shape index (κ2) is 5.84. The van der Waals surface area contributed by atoms with Crippen molar-refractivity contribution in [3.63, 3.8) is 0 Å². The van der Waals surface area contributed by atoms with Crippen LogP contribution in [0.4, 0.5) is 5.69 Å². The fraction of sp³-hybridized carbons (Fsp3) is 0.462. The lowest BCUT2D eigenvalue weighted by Crippen LogP contribution is -2.45. The van der Waals surface area contributed by atoms with Crippen molar-refractivity contribution < 1.29 is 5.21 Å². The Bertz CT molecular complexity index is 425. The monoisotopic (exact) mass is 248 g/mol. The van der Waals surface area contributed by atoms with Gasteiger partial charge in [0, 0.05) is 44.0 Å². The topological polar surface area (TPSA) is 65.1 Å². The molecule has 1 aromatic carbocycles. The average molecular weight is 248 g/mol. The Morgan fingerprint density at radius 1 is 1.28 bits per heavy atom. The molecule has 1 aliphatic heterocycles. The van der Waals surface area contributed by atoms with E-state index >= 15 is 0 Å². The van der Waals surface area contributed by atoms with Gasteiger partial charge >= 0.3 is 0 Å². The minimum Gasteiger partial charge on any atom is -0.411 e. The van der Waals surface area contributed by atoms with Crippen LogP contribution in [0.15, 0.2) is 29.4 Å². The Balaban J connectivity index is 2.27. The molecule has 0 amide bonds. The molecule has 5 heteroatoms. The first-order chi connectivity index (χ1) is 8.76. The zero-order valence-corrected chi connectivity index (χ0v) is 10.7. The van der Waals surface area contributed by atoms with Crippen molar-refractivity contribution >= 4 is 11.4 Å². The highest BCUT2D eigenvalue weighted by Gasteiger charge is 2.18. The molecule has 98 valence electrons. The largest absolute Gasteiger partial charge is 0.411 e. The summed E-state index contributed by atoms with van der Waals surface area (Å²) >= 11 is 0. The third-order valence-electron chi connectivity index (χ3n) is 3.37. The van der Waals surface area contributed by atoms with Gasteiger partial charge in [-0.2, -0.15) is 0 Å². The van der Waals surface area contributed by atoms with Gasteiger partial charge in [-0.3, -0.25) is 0 Å². The summed E-state index contributed by atoms with van der Waals surface area (Å²) in [6.45, 7) is 4.29. The number of para-hydroxylation sites is 1. The maximum absolute atomic E-state index is 9.03. The summed E-state index contributed by atoms with van der Waals surface area (Å²) in [7, 11) is 2.13. The number of likely N-dealkylation sites (N-methyl/N-ethyl adjacent to an activating group) is 1. The Morgan fingerprint density at radius 3 is 2.56 bits per heavy atom. The summed E-state index contributed by atoms with van der Waals surface area (Å²) in [6, 6.07) is 7.95. The molecule has 0 aliphatic carbocycles. The van der Waals surface area contributed by atoms with E-state index in [1.165, 1.54) is 0 Å². The van der Waals surface area contributed by atoms with Crippen molar-refractivity contribution in [2.45, 2.75) is 0 Å². The van der Waals surface area contributed by atoms with E-state index in [9.17, 15) is 0 Å². The van der Waals surface area contributed by atoms with Crippen molar-refractivity contribution in [3.05, 3.63) is 29.8 Å². The summed E-state index contributed by atoms with van der Waals surface area (Å²) in [5.74, 6) is 0. The van der Waals surface area contributed by atoms with Crippen LogP contribution in [0.1, 0.15) is 5.56 Å². The smallest absolute Gasteiger partial charge is 0.102 e. The van der Waals surface area contributed by atoms with Crippen LogP contribution in [0.25, 0.3) is 0 Å². The van der Waals surface area contributed by atoms with E-state index in [-0.39, 0.29) is 6.54 Å². The second-order valence-electron chi connectivity index (χ2n) is 4.56. The van der Waals surface area contributed by atoms with Crippen LogP contribution in [0.3, 0.4) is 0 Å². The van der Waals surface area contributed by atoms with Crippen LogP contribution in [0.2, 0.25) is 0 Å². The van der Waals surface area contributed by atoms with E-state index in [0.717, 1.165) is 37.4 Å². The first-order valence-corrected chi connectivity index (χ1v) is 6.20. The lowest BCUT2D eigenvalue weighted by atomic mass is 10.1. The van der Waals surface area contributed by atoms with E-state index in [1.54, 1.807) is 0 Å². The fourth-order valence-corrected chi connectivity index (χ4v) is 2.25. The van der Waals surface area contributed by atoms with Gasteiger partial charge in [0.1, 0.15) is 5.71 Å². The molecule has 0 unspecified atom stereocenters. The first kappa shape index (κ1) is 12.9. The summed E-state index contributed by atoms with van der Waals surface area (Å²) in [4.78, 5) is 4.62. The lowest BCUT2D eigenvalue weighted by molar-refractivity contribution is 0.312. The molecule has 0 aromatic heterocycles. The Morgan fingerprint density at radius 2 is 1.94 bits per heavy atom. The van der Waals surface area contributed by atoms with E-state index in [0.29, 0.717) is 5.71 Å². The van der Waals surface area contributed by atoms with E-state index < -0.39 is 0 Å². The van der Waals surface area contributed by atoms with Crippen molar-refractivity contribution in [2.75, 3.05) is 44.7 Å². The highest BCUT2D eigenvalue weighted by molar-refractivity contribution is 6.06. The normalized spacial score (nSPS) is 18.1. The molecule has 0 bridgehead atoms. The number of hydrogen-bond acceptors (Lipinski definition) is 5. The zero-order valence-electron chi connectivity index (χ0n) is 10.7. The SMILES string of the molecule is CN1CCN(c2ccccc2/C(CN)=N/O)CC1. The lowest BCUT2D eigenvalue weighted by Gasteiger charge is -2.35. The quantitative estimate of drug-likeness (QED) is 0.466. The van der Waals surface area contributed by atoms with Gasteiger partial charge in [0.2, 0.25) is 0 Å². The Labute approximate surface area is 107 Å². The Hall–Kier alpha value is -1.59. The predicted molar refractivity (Wildman–Crippen MR) is 73.5 cm³/mol. The standard InChI is InChI=1S/C13H20N4O/c1-16-6-8-17(9-7-16)13-5-3-2-4-11(13)12(10-14)15-18/h2-5,18H,6-10,14H2,1H3/b15-12+. The van der Waals surface area contributed by atoms with Crippen molar-refractivity contribution in [2.24, 2.45) is 10.9 Å². The molecule has 18 heavy (non-hydrogen) atoms. The average Bonchev–Trinajstić information content (AvgIpc) is 2.42. The maximum Gasteiger partial charge on any atom is 0.102 e. The number of hydrogen-bond donors (Lipinski definition) is 2. The van der Waals surface area contributed by atoms with Crippen LogP contribution in [-0.2, 0) is 0 Å². The number of rotatable bonds is 3. The van der Waals surface area contributed by atoms with Gasteiger partial charge in [-0.15, -0.1) is 0 Å². The van der Waals surface area contributed by atoms with Gasteiger partial charge in [-0.25, -0.2) is 0 Å². The molecule has 1 fully saturated rings. The van der Waals surface area contributed by atoms with Crippen LogP contribution in [-0.4, -0.2) is 55.6 Å². The van der Waals surface area contributed by atoms with Crippen LogP contribution < -0.4 is 10.6 Å². The molecular formula is C13H20N4O. The van der Waals surface area contributed by atoms with E-state index in [4.69, 9.17) is 10.9 Å². The molecule has 5 nitrogen and oxygen atoms in total. The molecule has 1 saturated heterocycles. The van der Waals surface area contributed by atoms with Gasteiger partial charge in [-0.1, -0.05) is 23.4 Å². The molecule has 0 saturated carbocycles. The molecular weight excluding hydrogens is 228 g/mol. The molecule has 0 atom stereocenters. The third-order valence-corrected chi connectivity index (χ3v) is 3.37. The summed E-state index contributed by atoms with van der Waals surface area (Å²) in [5, 5.41) is 12.3. The molecule has 2 rings (SSSR count). The van der Waals surface area contributed by atoms with Crippen molar-refractivity contribution in [1.82, 2.24) is 4.90 Å². The molecule has 0 spiro atoms. The molecule has 0 radical (unpaired) electrons. The maximum atomic E-state index is 9.03. The van der Waals surface area contributed by atoms with Gasteiger partial charge in [0.25, 0.3) is 0 Å². The minimum atomic E-state index is 0.237. The molecule has 1 aliphatic rings. The Kier molecular flexibility index (Phi) is 4.17. The number of nitrogens with zero attached hydrogens (tertiary/aromatic N) is 3. The second-order valence-corrected chi connectivity index (χ2v) is 4.56. The van der Waals surface area contributed by atoms with Crippen LogP contribution >= 0.6 is 0 Å². The first-order valence-electron chi connectivity index (χ1n) is 6.20. The van der Waals surface area contributed by atoms with Crippen molar-refractivity contribution in [1.29, 1.82) is 0 Å². The molecule has 1 heterocycles. The number of nitrogens with two attached hydrogens (primary N) is 1. The van der Waals surface area contributed by atoms with Gasteiger partial charge < -0.3 is 20.7 Å². The van der Waals surface area contributed by atoms with Gasteiger partial charge in [0.05, 0.1) is 0 Å². The van der Waals surface area contributed by atoms with Gasteiger partial charge in [0.15, 0.2) is 0 Å².